The number of nitrogens with zero attached hydrogens (tertiary/aromatic N) is 3. The zero-order valence-corrected chi connectivity index (χ0v) is 22.1. The van der Waals surface area contributed by atoms with Gasteiger partial charge in [-0.05, 0) is 37.5 Å². The summed E-state index contributed by atoms with van der Waals surface area (Å²) in [6.07, 6.45) is 4.64. The van der Waals surface area contributed by atoms with Crippen LogP contribution in [-0.4, -0.2) is 32.6 Å². The second-order valence-electron chi connectivity index (χ2n) is 9.21. The molecule has 12 heteroatoms. The van der Waals surface area contributed by atoms with E-state index in [1.54, 1.807) is 18.3 Å². The van der Waals surface area contributed by atoms with Gasteiger partial charge in [-0.1, -0.05) is 37.3 Å². The summed E-state index contributed by atoms with van der Waals surface area (Å²) in [5.74, 6) is -0.620. The van der Waals surface area contributed by atoms with E-state index in [1.165, 1.54) is 29.3 Å². The molecule has 3 aromatic rings. The van der Waals surface area contributed by atoms with Crippen LogP contribution in [0.25, 0.3) is 0 Å². The third kappa shape index (κ3) is 7.04. The van der Waals surface area contributed by atoms with Crippen molar-refractivity contribution in [3.63, 3.8) is 0 Å². The van der Waals surface area contributed by atoms with Gasteiger partial charge in [0.25, 0.3) is 12.3 Å². The van der Waals surface area contributed by atoms with Crippen LogP contribution in [-0.2, 0) is 18.4 Å². The summed E-state index contributed by atoms with van der Waals surface area (Å²) in [5, 5.41) is 12.9. The van der Waals surface area contributed by atoms with Crippen molar-refractivity contribution in [3.8, 4) is 0 Å². The number of hydrogen-bond acceptors (Lipinski definition) is 6. The molecule has 3 N–H and O–H groups in total. The number of hydrogen-bond donors (Lipinski definition) is 3. The van der Waals surface area contributed by atoms with Crippen molar-refractivity contribution in [3.05, 3.63) is 56.8 Å². The Labute approximate surface area is 222 Å². The smallest absolute Gasteiger partial charge is 0.284 e. The number of anilines is 2. The molecule has 4 rings (SSSR count). The minimum Gasteiger partial charge on any atom is -0.379 e. The fraction of sp³-hybridized carbons (Fsp3) is 0.440. The maximum Gasteiger partial charge on any atom is 0.284 e. The summed E-state index contributed by atoms with van der Waals surface area (Å²) in [6, 6.07) is 4.49. The summed E-state index contributed by atoms with van der Waals surface area (Å²) in [4.78, 5) is 31.8. The Morgan fingerprint density at radius 2 is 2.00 bits per heavy atom. The molecular formula is C25H29ClF2N6O2S. The molecule has 1 aliphatic rings. The van der Waals surface area contributed by atoms with E-state index in [2.05, 4.69) is 26.0 Å². The van der Waals surface area contributed by atoms with E-state index < -0.39 is 24.1 Å². The molecule has 3 heterocycles. The molecule has 0 saturated heterocycles. The van der Waals surface area contributed by atoms with Gasteiger partial charge in [-0.15, -0.1) is 11.3 Å². The third-order valence-electron chi connectivity index (χ3n) is 6.38. The van der Waals surface area contributed by atoms with Crippen molar-refractivity contribution in [1.29, 1.82) is 0 Å². The molecule has 1 fully saturated rings. The Morgan fingerprint density at radius 1 is 1.24 bits per heavy atom. The molecule has 8 nitrogen and oxygen atoms in total. The highest BCUT2D eigenvalue weighted by molar-refractivity contribution is 7.14. The minimum absolute atomic E-state index is 0.0524. The first-order chi connectivity index (χ1) is 17.7. The van der Waals surface area contributed by atoms with Crippen molar-refractivity contribution in [1.82, 2.24) is 20.1 Å². The molecule has 0 aromatic carbocycles. The largest absolute Gasteiger partial charge is 0.379 e. The summed E-state index contributed by atoms with van der Waals surface area (Å²) in [7, 11) is 1.51. The molecule has 198 valence electrons. The fourth-order valence-electron chi connectivity index (χ4n) is 4.49. The number of alkyl halides is 2. The number of aromatic nitrogens is 3. The number of rotatable bonds is 10. The van der Waals surface area contributed by atoms with E-state index >= 15 is 0 Å². The number of amides is 2. The van der Waals surface area contributed by atoms with Gasteiger partial charge in [0, 0.05) is 30.9 Å². The van der Waals surface area contributed by atoms with Gasteiger partial charge in [-0.3, -0.25) is 19.3 Å². The lowest BCUT2D eigenvalue weighted by atomic mass is 9.97. The highest BCUT2D eigenvalue weighted by Gasteiger charge is 2.29. The van der Waals surface area contributed by atoms with E-state index in [0.29, 0.717) is 22.9 Å². The van der Waals surface area contributed by atoms with Gasteiger partial charge < -0.3 is 16.0 Å². The van der Waals surface area contributed by atoms with Gasteiger partial charge in [0.05, 0.1) is 27.0 Å². The first-order valence-electron chi connectivity index (χ1n) is 12.1. The van der Waals surface area contributed by atoms with E-state index in [9.17, 15) is 18.4 Å². The number of nitrogens with one attached hydrogen (secondary N) is 3. The van der Waals surface area contributed by atoms with Crippen molar-refractivity contribution in [2.24, 2.45) is 13.0 Å². The molecule has 0 aliphatic heterocycles. The Hall–Kier alpha value is -3.05. The SMILES string of the molecule is Cc1ncc(Cl)cc1NCc1ccc(C(=O)N[C@@H](CC2CCCC2)C(=O)Nc2cn(C)nc2C(F)F)s1. The Morgan fingerprint density at radius 3 is 2.73 bits per heavy atom. The predicted molar refractivity (Wildman–Crippen MR) is 140 cm³/mol. The first kappa shape index (κ1) is 27.0. The molecule has 0 spiro atoms. The molecule has 1 saturated carbocycles. The quantitative estimate of drug-likeness (QED) is 0.300. The average molecular weight is 551 g/mol. The summed E-state index contributed by atoms with van der Waals surface area (Å²) in [5.41, 5.74) is 1.06. The molecule has 0 unspecified atom stereocenters. The standard InChI is InChI=1S/C25H29ClF2N6O2S/c1-14-18(10-16(26)11-29-14)30-12-17-7-8-21(37-17)25(36)31-19(9-15-5-3-4-6-15)24(35)32-20-13-34(2)33-22(20)23(27)28/h7-8,10-11,13,15,19,23,30H,3-6,9,12H2,1-2H3,(H,31,36)(H,32,35)/t19-/m0/s1. The topological polar surface area (TPSA) is 101 Å². The number of halogens is 3. The summed E-state index contributed by atoms with van der Waals surface area (Å²) in [6.45, 7) is 2.35. The lowest BCUT2D eigenvalue weighted by molar-refractivity contribution is -0.118. The Bertz CT molecular complexity index is 1260. The van der Waals surface area contributed by atoms with Gasteiger partial charge in [0.2, 0.25) is 5.91 Å². The Balaban J connectivity index is 1.43. The number of carbonyl (C=O) groups is 2. The molecule has 0 radical (unpaired) electrons. The minimum atomic E-state index is -2.83. The molecule has 1 aliphatic carbocycles. The van der Waals surface area contributed by atoms with Crippen molar-refractivity contribution in [2.75, 3.05) is 10.6 Å². The molecule has 2 amide bonds. The summed E-state index contributed by atoms with van der Waals surface area (Å²) < 4.78 is 27.9. The normalized spacial score (nSPS) is 14.6. The molecule has 37 heavy (non-hydrogen) atoms. The van der Waals surface area contributed by atoms with Crippen molar-refractivity contribution < 1.29 is 18.4 Å². The number of thiophene rings is 1. The van der Waals surface area contributed by atoms with E-state index in [1.807, 2.05) is 13.0 Å². The van der Waals surface area contributed by atoms with E-state index in [4.69, 9.17) is 11.6 Å². The van der Waals surface area contributed by atoms with Crippen LogP contribution in [0.3, 0.4) is 0 Å². The van der Waals surface area contributed by atoms with Gasteiger partial charge >= 0.3 is 0 Å². The molecule has 1 atom stereocenters. The van der Waals surface area contributed by atoms with Crippen LogP contribution in [0.2, 0.25) is 5.02 Å². The van der Waals surface area contributed by atoms with Crippen LogP contribution in [0.1, 0.15) is 64.5 Å². The van der Waals surface area contributed by atoms with Gasteiger partial charge in [0.15, 0.2) is 5.69 Å². The molecule has 0 bridgehead atoms. The molecule has 3 aromatic heterocycles. The zero-order chi connectivity index (χ0) is 26.5. The van der Waals surface area contributed by atoms with Crippen LogP contribution >= 0.6 is 22.9 Å². The number of pyridine rings is 1. The lowest BCUT2D eigenvalue weighted by Crippen LogP contribution is -2.44. The van der Waals surface area contributed by atoms with Gasteiger partial charge in [-0.25, -0.2) is 8.78 Å². The second-order valence-corrected chi connectivity index (χ2v) is 10.8. The van der Waals surface area contributed by atoms with Gasteiger partial charge in [-0.2, -0.15) is 5.10 Å². The maximum atomic E-state index is 13.4. The number of carbonyl (C=O) groups excluding carboxylic acids is 2. The van der Waals surface area contributed by atoms with E-state index in [0.717, 1.165) is 41.9 Å². The van der Waals surface area contributed by atoms with Crippen LogP contribution in [0.15, 0.2) is 30.6 Å². The van der Waals surface area contributed by atoms with Gasteiger partial charge in [0.1, 0.15) is 6.04 Å². The lowest BCUT2D eigenvalue weighted by Gasteiger charge is -2.21. The van der Waals surface area contributed by atoms with E-state index in [-0.39, 0.29) is 17.5 Å². The monoisotopic (exact) mass is 550 g/mol. The van der Waals surface area contributed by atoms with Crippen LogP contribution in [0, 0.1) is 12.8 Å². The second kappa shape index (κ2) is 12.0. The molecular weight excluding hydrogens is 522 g/mol. The summed E-state index contributed by atoms with van der Waals surface area (Å²) >= 11 is 7.34. The predicted octanol–water partition coefficient (Wildman–Crippen LogP) is 5.71. The Kier molecular flexibility index (Phi) is 8.75. The van der Waals surface area contributed by atoms with Crippen LogP contribution in [0.4, 0.5) is 20.2 Å². The number of aryl methyl sites for hydroxylation is 2. The fourth-order valence-corrected chi connectivity index (χ4v) is 5.50. The maximum absolute atomic E-state index is 13.4. The average Bonchev–Trinajstić information content (AvgIpc) is 3.60. The highest BCUT2D eigenvalue weighted by Crippen LogP contribution is 2.30. The van der Waals surface area contributed by atoms with Crippen LogP contribution in [0.5, 0.6) is 0 Å². The first-order valence-corrected chi connectivity index (χ1v) is 13.3. The van der Waals surface area contributed by atoms with Crippen molar-refractivity contribution >= 4 is 46.1 Å². The zero-order valence-electron chi connectivity index (χ0n) is 20.6. The van der Waals surface area contributed by atoms with Crippen molar-refractivity contribution in [2.45, 2.75) is 58.0 Å². The highest BCUT2D eigenvalue weighted by atomic mass is 35.5. The van der Waals surface area contributed by atoms with Crippen LogP contribution < -0.4 is 16.0 Å². The third-order valence-corrected chi connectivity index (χ3v) is 7.67.